The van der Waals surface area contributed by atoms with Crippen LogP contribution in [0.4, 0.5) is 16.2 Å². The molecule has 168 valence electrons. The number of urea groups is 1. The van der Waals surface area contributed by atoms with Gasteiger partial charge >= 0.3 is 6.03 Å². The van der Waals surface area contributed by atoms with Crippen molar-refractivity contribution in [3.05, 3.63) is 95.6 Å². The molecular formula is C27H28N4O2. The number of nitrogens with one attached hydrogen (secondary N) is 1. The van der Waals surface area contributed by atoms with Crippen LogP contribution in [-0.4, -0.2) is 54.5 Å². The van der Waals surface area contributed by atoms with Gasteiger partial charge in [-0.2, -0.15) is 0 Å². The minimum Gasteiger partial charge on any atom is -0.322 e. The Morgan fingerprint density at radius 2 is 1.55 bits per heavy atom. The minimum atomic E-state index is -0.120. The van der Waals surface area contributed by atoms with Gasteiger partial charge in [0.2, 0.25) is 0 Å². The molecule has 0 bridgehead atoms. The third-order valence-electron chi connectivity index (χ3n) is 6.40. The summed E-state index contributed by atoms with van der Waals surface area (Å²) in [6.07, 6.45) is 0.870. The average Bonchev–Trinajstić information content (AvgIpc) is 3.29. The summed E-state index contributed by atoms with van der Waals surface area (Å²) in [5.74, 6) is -0.0365. The van der Waals surface area contributed by atoms with Crippen molar-refractivity contribution in [3.8, 4) is 0 Å². The molecule has 2 aliphatic rings. The summed E-state index contributed by atoms with van der Waals surface area (Å²) < 4.78 is 0. The maximum atomic E-state index is 13.1. The third-order valence-corrected chi connectivity index (χ3v) is 6.40. The second-order valence-electron chi connectivity index (χ2n) is 8.60. The number of amides is 3. The van der Waals surface area contributed by atoms with E-state index < -0.39 is 0 Å². The smallest absolute Gasteiger partial charge is 0.321 e. The molecular weight excluding hydrogens is 412 g/mol. The average molecular weight is 441 g/mol. The number of nitrogens with zero attached hydrogens (tertiary/aromatic N) is 3. The molecule has 2 heterocycles. The Hall–Kier alpha value is -3.64. The molecule has 0 aromatic heterocycles. The highest BCUT2D eigenvalue weighted by atomic mass is 16.2. The third kappa shape index (κ3) is 4.76. The fourth-order valence-electron chi connectivity index (χ4n) is 4.59. The van der Waals surface area contributed by atoms with Crippen molar-refractivity contribution in [3.63, 3.8) is 0 Å². The lowest BCUT2D eigenvalue weighted by Crippen LogP contribution is -2.49. The molecule has 6 heteroatoms. The number of hydrogen-bond acceptors (Lipinski definition) is 3. The Balaban J connectivity index is 1.18. The number of benzene rings is 3. The molecule has 0 radical (unpaired) electrons. The second-order valence-corrected chi connectivity index (χ2v) is 8.60. The number of anilines is 2. The summed E-state index contributed by atoms with van der Waals surface area (Å²) in [5, 5.41) is 2.98. The maximum absolute atomic E-state index is 13.1. The Labute approximate surface area is 194 Å². The molecule has 5 rings (SSSR count). The first kappa shape index (κ1) is 21.2. The topological polar surface area (TPSA) is 55.9 Å². The lowest BCUT2D eigenvalue weighted by molar-refractivity contribution is 0.0989. The van der Waals surface area contributed by atoms with Crippen LogP contribution in [-0.2, 0) is 13.0 Å². The molecule has 0 unspecified atom stereocenters. The zero-order valence-electron chi connectivity index (χ0n) is 18.6. The van der Waals surface area contributed by atoms with Gasteiger partial charge in [-0.25, -0.2) is 4.79 Å². The van der Waals surface area contributed by atoms with Gasteiger partial charge in [-0.15, -0.1) is 0 Å². The highest BCUT2D eigenvalue weighted by Gasteiger charge is 2.26. The maximum Gasteiger partial charge on any atom is 0.321 e. The van der Waals surface area contributed by atoms with Gasteiger partial charge in [-0.1, -0.05) is 54.6 Å². The predicted molar refractivity (Wildman–Crippen MR) is 131 cm³/mol. The lowest BCUT2D eigenvalue weighted by Gasteiger charge is -2.34. The van der Waals surface area contributed by atoms with Crippen LogP contribution < -0.4 is 10.2 Å². The molecule has 3 amide bonds. The standard InChI is InChI=1S/C27H28N4O2/c32-26(31-14-13-22-9-4-5-12-25(22)31)23-10-6-11-24(19-23)28-27(33)30-17-15-29(16-18-30)20-21-7-2-1-3-8-21/h1-12,19H,13-18,20H2,(H,28,33). The number of rotatable bonds is 4. The van der Waals surface area contributed by atoms with Crippen molar-refractivity contribution in [2.75, 3.05) is 42.9 Å². The fourth-order valence-corrected chi connectivity index (χ4v) is 4.59. The van der Waals surface area contributed by atoms with Gasteiger partial charge in [-0.05, 0) is 41.8 Å². The Morgan fingerprint density at radius 1 is 0.788 bits per heavy atom. The van der Waals surface area contributed by atoms with Crippen LogP contribution in [0.3, 0.4) is 0 Å². The number of fused-ring (bicyclic) bond motifs is 1. The monoisotopic (exact) mass is 440 g/mol. The predicted octanol–water partition coefficient (Wildman–Crippen LogP) is 4.24. The van der Waals surface area contributed by atoms with Gasteiger partial charge < -0.3 is 15.1 Å². The van der Waals surface area contributed by atoms with Crippen LogP contribution in [0.5, 0.6) is 0 Å². The van der Waals surface area contributed by atoms with Crippen molar-refractivity contribution in [2.45, 2.75) is 13.0 Å². The largest absolute Gasteiger partial charge is 0.322 e. The zero-order chi connectivity index (χ0) is 22.6. The van der Waals surface area contributed by atoms with Crippen LogP contribution in [0.25, 0.3) is 0 Å². The van der Waals surface area contributed by atoms with Crippen LogP contribution >= 0.6 is 0 Å². The van der Waals surface area contributed by atoms with E-state index in [4.69, 9.17) is 0 Å². The fraction of sp³-hybridized carbons (Fsp3) is 0.259. The van der Waals surface area contributed by atoms with E-state index in [0.717, 1.165) is 31.7 Å². The SMILES string of the molecule is O=C(Nc1cccc(C(=O)N2CCc3ccccc32)c1)N1CCN(Cc2ccccc2)CC1. The van der Waals surface area contributed by atoms with E-state index in [-0.39, 0.29) is 11.9 Å². The number of para-hydroxylation sites is 1. The molecule has 3 aromatic carbocycles. The van der Waals surface area contributed by atoms with E-state index in [1.165, 1.54) is 11.1 Å². The Kier molecular flexibility index (Phi) is 6.09. The number of carbonyl (C=O) groups is 2. The molecule has 2 aliphatic heterocycles. The molecule has 0 saturated carbocycles. The molecule has 0 spiro atoms. The van der Waals surface area contributed by atoms with E-state index in [0.29, 0.717) is 30.9 Å². The van der Waals surface area contributed by atoms with Crippen LogP contribution in [0.1, 0.15) is 21.5 Å². The molecule has 0 atom stereocenters. The molecule has 1 fully saturated rings. The summed E-state index contributed by atoms with van der Waals surface area (Å²) in [4.78, 5) is 32.0. The van der Waals surface area contributed by atoms with Gasteiger partial charge in [0.15, 0.2) is 0 Å². The van der Waals surface area contributed by atoms with E-state index in [9.17, 15) is 9.59 Å². The molecule has 3 aromatic rings. The number of piperazine rings is 1. The Morgan fingerprint density at radius 3 is 2.36 bits per heavy atom. The quantitative estimate of drug-likeness (QED) is 0.660. The molecule has 6 nitrogen and oxygen atoms in total. The van der Waals surface area contributed by atoms with Crippen molar-refractivity contribution in [1.29, 1.82) is 0 Å². The van der Waals surface area contributed by atoms with Crippen LogP contribution in [0, 0.1) is 0 Å². The number of carbonyl (C=O) groups excluding carboxylic acids is 2. The molecule has 0 aliphatic carbocycles. The molecule has 1 saturated heterocycles. The molecule has 33 heavy (non-hydrogen) atoms. The summed E-state index contributed by atoms with van der Waals surface area (Å²) in [7, 11) is 0. The zero-order valence-corrected chi connectivity index (χ0v) is 18.6. The summed E-state index contributed by atoms with van der Waals surface area (Å²) in [6.45, 7) is 4.64. The first-order chi connectivity index (χ1) is 16.2. The van der Waals surface area contributed by atoms with Gasteiger partial charge in [-0.3, -0.25) is 9.69 Å². The molecule has 1 N–H and O–H groups in total. The van der Waals surface area contributed by atoms with E-state index in [1.807, 2.05) is 46.2 Å². The van der Waals surface area contributed by atoms with Gasteiger partial charge in [0.1, 0.15) is 0 Å². The van der Waals surface area contributed by atoms with E-state index >= 15 is 0 Å². The summed E-state index contributed by atoms with van der Waals surface area (Å²) in [5.41, 5.74) is 4.69. The highest BCUT2D eigenvalue weighted by Crippen LogP contribution is 2.29. The summed E-state index contributed by atoms with van der Waals surface area (Å²) in [6, 6.07) is 25.5. The summed E-state index contributed by atoms with van der Waals surface area (Å²) >= 11 is 0. The lowest BCUT2D eigenvalue weighted by atomic mass is 10.1. The second kappa shape index (κ2) is 9.46. The number of hydrogen-bond donors (Lipinski definition) is 1. The van der Waals surface area contributed by atoms with Gasteiger partial charge in [0.05, 0.1) is 0 Å². The highest BCUT2D eigenvalue weighted by molar-refractivity contribution is 6.08. The minimum absolute atomic E-state index is 0.0365. The van der Waals surface area contributed by atoms with Crippen molar-refractivity contribution >= 4 is 23.3 Å². The Bertz CT molecular complexity index is 1140. The van der Waals surface area contributed by atoms with Crippen LogP contribution in [0.2, 0.25) is 0 Å². The van der Waals surface area contributed by atoms with Gasteiger partial charge in [0, 0.05) is 56.2 Å². The normalized spacial score (nSPS) is 15.9. The van der Waals surface area contributed by atoms with E-state index in [2.05, 4.69) is 40.5 Å². The van der Waals surface area contributed by atoms with Crippen molar-refractivity contribution in [1.82, 2.24) is 9.80 Å². The van der Waals surface area contributed by atoms with E-state index in [1.54, 1.807) is 12.1 Å². The van der Waals surface area contributed by atoms with Crippen LogP contribution in [0.15, 0.2) is 78.9 Å². The first-order valence-corrected chi connectivity index (χ1v) is 11.5. The van der Waals surface area contributed by atoms with Gasteiger partial charge in [0.25, 0.3) is 5.91 Å². The van der Waals surface area contributed by atoms with Crippen molar-refractivity contribution in [2.24, 2.45) is 0 Å². The first-order valence-electron chi connectivity index (χ1n) is 11.5. The van der Waals surface area contributed by atoms with Crippen molar-refractivity contribution < 1.29 is 9.59 Å².